The molecule has 3 fully saturated rings. The van der Waals surface area contributed by atoms with E-state index in [-0.39, 0.29) is 89.5 Å². The fourth-order valence-corrected chi connectivity index (χ4v) is 9.05. The lowest BCUT2D eigenvalue weighted by Crippen LogP contribution is -2.33. The molecule has 1 N–H and O–H groups in total. The van der Waals surface area contributed by atoms with Crippen molar-refractivity contribution in [2.75, 3.05) is 72.4 Å². The minimum atomic E-state index is -0.577. The lowest BCUT2D eigenvalue weighted by atomic mass is 9.81. The van der Waals surface area contributed by atoms with Crippen LogP contribution in [0.1, 0.15) is 149 Å². The van der Waals surface area contributed by atoms with Gasteiger partial charge in [0.1, 0.15) is 6.79 Å². The van der Waals surface area contributed by atoms with Gasteiger partial charge in [-0.05, 0) is 67.4 Å². The zero-order valence-electron chi connectivity index (χ0n) is 38.1. The molecule has 0 saturated heterocycles. The standard InChI is InChI=1S/C47H81NO12S/c1-35-7-13-38(14-8-35)6-5-27-55-34-56-29-42(32-59-44(51)22-20-40-17-11-37(3)12-18-40)33-60-46(53)24-26-48(47(54)61-4)25-23-45(52)58-31-41(28-49)30-57-43(50)21-19-39-15-9-36(2)10-16-39/h35-42,49H,5-34H2,1-4H3. The fourth-order valence-electron chi connectivity index (χ4n) is 8.61. The number of hydrogen-bond acceptors (Lipinski definition) is 13. The van der Waals surface area contributed by atoms with E-state index in [1.165, 1.54) is 56.3 Å². The maximum atomic E-state index is 12.9. The van der Waals surface area contributed by atoms with Gasteiger partial charge in [0, 0.05) is 32.5 Å². The van der Waals surface area contributed by atoms with Crippen molar-refractivity contribution in [3.8, 4) is 0 Å². The van der Waals surface area contributed by atoms with Gasteiger partial charge in [0.2, 0.25) is 0 Å². The van der Waals surface area contributed by atoms with E-state index in [1.54, 1.807) is 6.26 Å². The molecule has 2 unspecified atom stereocenters. The summed E-state index contributed by atoms with van der Waals surface area (Å²) in [5, 5.41) is 9.46. The molecule has 0 aromatic carbocycles. The quantitative estimate of drug-likeness (QED) is 0.0329. The first kappa shape index (κ1) is 52.9. The zero-order chi connectivity index (χ0) is 44.2. The summed E-state index contributed by atoms with van der Waals surface area (Å²) in [6, 6.07) is 0. The molecule has 0 spiro atoms. The van der Waals surface area contributed by atoms with E-state index in [9.17, 15) is 29.1 Å². The summed E-state index contributed by atoms with van der Waals surface area (Å²) in [7, 11) is 0. The molecule has 0 aromatic heterocycles. The maximum Gasteiger partial charge on any atom is 0.307 e. The van der Waals surface area contributed by atoms with Crippen LogP contribution in [0.5, 0.6) is 0 Å². The number of hydrogen-bond donors (Lipinski definition) is 1. The van der Waals surface area contributed by atoms with Crippen molar-refractivity contribution in [3.05, 3.63) is 0 Å². The molecule has 13 nitrogen and oxygen atoms in total. The molecule has 14 heteroatoms. The maximum absolute atomic E-state index is 12.9. The van der Waals surface area contributed by atoms with Gasteiger partial charge in [0.05, 0.1) is 64.3 Å². The Bertz CT molecular complexity index is 1250. The van der Waals surface area contributed by atoms with E-state index >= 15 is 0 Å². The third-order valence-corrected chi connectivity index (χ3v) is 13.7. The average Bonchev–Trinajstić information content (AvgIpc) is 3.26. The van der Waals surface area contributed by atoms with E-state index in [4.69, 9.17) is 28.4 Å². The van der Waals surface area contributed by atoms with Crippen LogP contribution in [0.3, 0.4) is 0 Å². The second-order valence-corrected chi connectivity index (χ2v) is 19.4. The summed E-state index contributed by atoms with van der Waals surface area (Å²) in [5.41, 5.74) is 0. The van der Waals surface area contributed by atoms with Gasteiger partial charge in [-0.1, -0.05) is 110 Å². The van der Waals surface area contributed by atoms with E-state index in [0.717, 1.165) is 86.8 Å². The van der Waals surface area contributed by atoms with Crippen LogP contribution in [0.25, 0.3) is 0 Å². The Morgan fingerprint density at radius 2 is 0.934 bits per heavy atom. The average molecular weight is 884 g/mol. The van der Waals surface area contributed by atoms with Crippen LogP contribution in [0, 0.1) is 47.3 Å². The Kier molecular flexibility index (Phi) is 27.3. The topological polar surface area (TPSA) is 164 Å². The first-order valence-corrected chi connectivity index (χ1v) is 24.9. The van der Waals surface area contributed by atoms with Crippen LogP contribution in [0.15, 0.2) is 0 Å². The zero-order valence-corrected chi connectivity index (χ0v) is 38.9. The summed E-state index contributed by atoms with van der Waals surface area (Å²) in [4.78, 5) is 64.6. The molecule has 2 atom stereocenters. The Hall–Kier alpha value is -2.42. The number of aliphatic hydroxyl groups is 1. The van der Waals surface area contributed by atoms with Crippen molar-refractivity contribution in [2.24, 2.45) is 47.3 Å². The van der Waals surface area contributed by atoms with Crippen LogP contribution in [-0.2, 0) is 47.6 Å². The lowest BCUT2D eigenvalue weighted by Gasteiger charge is -2.26. The molecule has 0 heterocycles. The lowest BCUT2D eigenvalue weighted by molar-refractivity contribution is -0.153. The Morgan fingerprint density at radius 3 is 1.34 bits per heavy atom. The summed E-state index contributed by atoms with van der Waals surface area (Å²) in [5.74, 6) is 1.57. The Labute approximate surface area is 371 Å². The predicted molar refractivity (Wildman–Crippen MR) is 235 cm³/mol. The summed E-state index contributed by atoms with van der Waals surface area (Å²) < 4.78 is 33.4. The first-order chi connectivity index (χ1) is 29.4. The van der Waals surface area contributed by atoms with Crippen LogP contribution < -0.4 is 0 Å². The molecule has 3 saturated carbocycles. The number of nitrogens with zero attached hydrogens (tertiary/aromatic N) is 1. The third kappa shape index (κ3) is 24.3. The van der Waals surface area contributed by atoms with Crippen molar-refractivity contribution in [1.29, 1.82) is 0 Å². The molecule has 0 bridgehead atoms. The van der Waals surface area contributed by atoms with E-state index in [2.05, 4.69) is 20.8 Å². The first-order valence-electron chi connectivity index (χ1n) is 23.7. The molecule has 61 heavy (non-hydrogen) atoms. The van der Waals surface area contributed by atoms with Crippen molar-refractivity contribution >= 4 is 40.9 Å². The number of ether oxygens (including phenoxy) is 6. The number of carbonyl (C=O) groups is 5. The molecule has 0 aliphatic heterocycles. The highest BCUT2D eigenvalue weighted by Crippen LogP contribution is 2.33. The van der Waals surface area contributed by atoms with Crippen molar-refractivity contribution in [2.45, 2.75) is 149 Å². The molecule has 352 valence electrons. The molecule has 3 aliphatic rings. The highest BCUT2D eigenvalue weighted by molar-refractivity contribution is 8.12. The summed E-state index contributed by atoms with van der Waals surface area (Å²) >= 11 is 0.968. The SMILES string of the molecule is CSC(=O)N(CCC(=O)OCC(CO)COC(=O)CCC1CCC(C)CC1)CCC(=O)OCC(COCOCCCC1CCC(C)CC1)COC(=O)CCC1CCC(C)CC1. The molecule has 1 amide bonds. The number of esters is 4. The van der Waals surface area contributed by atoms with Gasteiger partial charge >= 0.3 is 23.9 Å². The van der Waals surface area contributed by atoms with Gasteiger partial charge in [-0.25, -0.2) is 0 Å². The van der Waals surface area contributed by atoms with Crippen LogP contribution in [-0.4, -0.2) is 112 Å². The Morgan fingerprint density at radius 1 is 0.541 bits per heavy atom. The van der Waals surface area contributed by atoms with Crippen molar-refractivity contribution in [1.82, 2.24) is 4.90 Å². The number of rotatable bonds is 29. The van der Waals surface area contributed by atoms with Crippen LogP contribution in [0.2, 0.25) is 0 Å². The van der Waals surface area contributed by atoms with Crippen LogP contribution in [0.4, 0.5) is 4.79 Å². The Balaban J connectivity index is 1.36. The van der Waals surface area contributed by atoms with Gasteiger partial charge in [0.25, 0.3) is 5.24 Å². The smallest absolute Gasteiger partial charge is 0.307 e. The van der Waals surface area contributed by atoms with Gasteiger partial charge in [-0.3, -0.25) is 24.0 Å². The number of carbonyl (C=O) groups excluding carboxylic acids is 5. The van der Waals surface area contributed by atoms with E-state index in [0.29, 0.717) is 31.3 Å². The van der Waals surface area contributed by atoms with E-state index < -0.39 is 23.8 Å². The predicted octanol–water partition coefficient (Wildman–Crippen LogP) is 8.76. The molecular weight excluding hydrogens is 803 g/mol. The largest absolute Gasteiger partial charge is 0.465 e. The van der Waals surface area contributed by atoms with Gasteiger partial charge in [0.15, 0.2) is 0 Å². The monoisotopic (exact) mass is 884 g/mol. The van der Waals surface area contributed by atoms with Gasteiger partial charge in [-0.15, -0.1) is 0 Å². The molecule has 0 aromatic rings. The molecular formula is C47H81NO12S. The van der Waals surface area contributed by atoms with Gasteiger partial charge in [-0.2, -0.15) is 0 Å². The van der Waals surface area contributed by atoms with Crippen molar-refractivity contribution < 1.29 is 57.5 Å². The molecule has 3 aliphatic carbocycles. The fraction of sp³-hybridized carbons (Fsp3) is 0.894. The third-order valence-electron chi connectivity index (χ3n) is 13.1. The summed E-state index contributed by atoms with van der Waals surface area (Å²) in [6.07, 6.45) is 20.5. The van der Waals surface area contributed by atoms with Crippen LogP contribution >= 0.6 is 11.8 Å². The van der Waals surface area contributed by atoms with Crippen molar-refractivity contribution in [3.63, 3.8) is 0 Å². The minimum Gasteiger partial charge on any atom is -0.465 e. The van der Waals surface area contributed by atoms with Gasteiger partial charge < -0.3 is 38.4 Å². The molecule has 3 rings (SSSR count). The summed E-state index contributed by atoms with van der Waals surface area (Å²) in [6.45, 7) is 7.35. The minimum absolute atomic E-state index is 0.0245. The number of amides is 1. The van der Waals surface area contributed by atoms with E-state index in [1.807, 2.05) is 0 Å². The highest BCUT2D eigenvalue weighted by Gasteiger charge is 2.24. The normalized spacial score (nSPS) is 24.0. The second-order valence-electron chi connectivity index (χ2n) is 18.6. The molecule has 0 radical (unpaired) electrons. The second kappa shape index (κ2) is 31.4. The number of aliphatic hydroxyl groups excluding tert-OH is 1. The highest BCUT2D eigenvalue weighted by atomic mass is 32.2. The number of thioether (sulfide) groups is 1.